The maximum Gasteiger partial charge on any atom is 0.170 e. The zero-order valence-electron chi connectivity index (χ0n) is 12.0. The summed E-state index contributed by atoms with van der Waals surface area (Å²) in [4.78, 5) is 0. The molecule has 0 saturated heterocycles. The van der Waals surface area contributed by atoms with Gasteiger partial charge in [-0.05, 0) is 73.2 Å². The minimum Gasteiger partial charge on any atom is -0.457 e. The molecule has 3 rings (SSSR count). The highest BCUT2D eigenvalue weighted by Crippen LogP contribution is 2.29. The van der Waals surface area contributed by atoms with Gasteiger partial charge in [0, 0.05) is 5.56 Å². The van der Waals surface area contributed by atoms with Crippen LogP contribution in [0.25, 0.3) is 0 Å². The average molecular weight is 282 g/mol. The summed E-state index contributed by atoms with van der Waals surface area (Å²) >= 11 is 0. The van der Waals surface area contributed by atoms with Crippen LogP contribution in [0.15, 0.2) is 41.6 Å². The van der Waals surface area contributed by atoms with E-state index < -0.39 is 0 Å². The molecule has 2 aromatic carbocycles. The van der Waals surface area contributed by atoms with Gasteiger partial charge in [-0.15, -0.1) is 0 Å². The van der Waals surface area contributed by atoms with E-state index in [2.05, 4.69) is 17.3 Å². The van der Waals surface area contributed by atoms with Crippen LogP contribution in [0.1, 0.15) is 28.7 Å². The van der Waals surface area contributed by atoms with Crippen LogP contribution in [-0.2, 0) is 12.8 Å². The number of hydrogen-bond donors (Lipinski definition) is 2. The van der Waals surface area contributed by atoms with Gasteiger partial charge in [-0.1, -0.05) is 11.2 Å². The van der Waals surface area contributed by atoms with Crippen molar-refractivity contribution in [3.8, 4) is 11.5 Å². The molecule has 0 fully saturated rings. The Bertz CT molecular complexity index is 708. The summed E-state index contributed by atoms with van der Waals surface area (Å²) in [7, 11) is 0. The third-order valence-corrected chi connectivity index (χ3v) is 3.89. The summed E-state index contributed by atoms with van der Waals surface area (Å²) in [5.41, 5.74) is 10.0. The fourth-order valence-electron chi connectivity index (χ4n) is 2.79. The van der Waals surface area contributed by atoms with Gasteiger partial charge in [-0.2, -0.15) is 0 Å². The van der Waals surface area contributed by atoms with Crippen LogP contribution in [0.4, 0.5) is 0 Å². The highest BCUT2D eigenvalue weighted by atomic mass is 16.5. The van der Waals surface area contributed by atoms with E-state index in [1.54, 1.807) is 6.07 Å². The van der Waals surface area contributed by atoms with Crippen molar-refractivity contribution in [1.82, 2.24) is 0 Å². The Balaban J connectivity index is 1.84. The van der Waals surface area contributed by atoms with Gasteiger partial charge < -0.3 is 15.7 Å². The van der Waals surface area contributed by atoms with Gasteiger partial charge in [-0.25, -0.2) is 0 Å². The van der Waals surface area contributed by atoms with Gasteiger partial charge in [0.1, 0.15) is 11.5 Å². The maximum atomic E-state index is 8.74. The van der Waals surface area contributed by atoms with Crippen molar-refractivity contribution in [2.24, 2.45) is 10.9 Å². The SMILES string of the molecule is Cc1cc(Oc2ccc3c(c2)CCC3)ccc1/C(N)=N/O. The van der Waals surface area contributed by atoms with Crippen LogP contribution in [0, 0.1) is 6.92 Å². The minimum absolute atomic E-state index is 0.108. The number of benzene rings is 2. The molecular formula is C17H18N2O2. The number of oxime groups is 1. The van der Waals surface area contributed by atoms with Gasteiger partial charge >= 0.3 is 0 Å². The topological polar surface area (TPSA) is 67.8 Å². The molecule has 21 heavy (non-hydrogen) atoms. The van der Waals surface area contributed by atoms with Crippen molar-refractivity contribution >= 4 is 5.84 Å². The number of aryl methyl sites for hydroxylation is 3. The molecule has 3 N–H and O–H groups in total. The lowest BCUT2D eigenvalue weighted by Crippen LogP contribution is -2.14. The first kappa shape index (κ1) is 13.5. The van der Waals surface area contributed by atoms with Crippen molar-refractivity contribution in [3.05, 3.63) is 58.7 Å². The second-order valence-electron chi connectivity index (χ2n) is 5.35. The van der Waals surface area contributed by atoms with Crippen molar-refractivity contribution in [3.63, 3.8) is 0 Å². The van der Waals surface area contributed by atoms with Gasteiger partial charge in [-0.3, -0.25) is 0 Å². The Hall–Kier alpha value is -2.49. The lowest BCUT2D eigenvalue weighted by atomic mass is 10.1. The third kappa shape index (κ3) is 2.70. The molecule has 0 amide bonds. The minimum atomic E-state index is 0.108. The molecule has 0 radical (unpaired) electrons. The van der Waals surface area contributed by atoms with Crippen LogP contribution in [0.5, 0.6) is 11.5 Å². The first-order valence-electron chi connectivity index (χ1n) is 7.05. The van der Waals surface area contributed by atoms with Gasteiger partial charge in [0.05, 0.1) is 0 Å². The van der Waals surface area contributed by atoms with Gasteiger partial charge in [0.25, 0.3) is 0 Å². The summed E-state index contributed by atoms with van der Waals surface area (Å²) in [5, 5.41) is 11.8. The molecule has 0 unspecified atom stereocenters. The Morgan fingerprint density at radius 1 is 1.10 bits per heavy atom. The van der Waals surface area contributed by atoms with Crippen molar-refractivity contribution in [2.75, 3.05) is 0 Å². The Morgan fingerprint density at radius 2 is 1.81 bits per heavy atom. The number of amidine groups is 1. The molecule has 0 saturated carbocycles. The van der Waals surface area contributed by atoms with E-state index in [0.29, 0.717) is 5.56 Å². The van der Waals surface area contributed by atoms with Gasteiger partial charge in [0.15, 0.2) is 5.84 Å². The number of nitrogens with two attached hydrogens (primary N) is 1. The van der Waals surface area contributed by atoms with E-state index in [1.807, 2.05) is 25.1 Å². The van der Waals surface area contributed by atoms with Crippen LogP contribution >= 0.6 is 0 Å². The van der Waals surface area contributed by atoms with Crippen molar-refractivity contribution < 1.29 is 9.94 Å². The molecule has 4 heteroatoms. The standard InChI is InChI=1S/C17H18N2O2/c1-11-9-14(7-8-16(11)17(18)19-20)21-15-6-5-12-3-2-4-13(12)10-15/h5-10,20H,2-4H2,1H3,(H2,18,19). The molecule has 1 aliphatic carbocycles. The molecule has 0 atom stereocenters. The highest BCUT2D eigenvalue weighted by Gasteiger charge is 2.12. The lowest BCUT2D eigenvalue weighted by molar-refractivity contribution is 0.318. The molecule has 0 aromatic heterocycles. The Morgan fingerprint density at radius 3 is 2.57 bits per heavy atom. The smallest absolute Gasteiger partial charge is 0.170 e. The van der Waals surface area contributed by atoms with Crippen LogP contribution in [-0.4, -0.2) is 11.0 Å². The fourth-order valence-corrected chi connectivity index (χ4v) is 2.79. The number of hydrogen-bond acceptors (Lipinski definition) is 3. The maximum absolute atomic E-state index is 8.74. The predicted molar refractivity (Wildman–Crippen MR) is 82.2 cm³/mol. The molecule has 0 bridgehead atoms. The zero-order chi connectivity index (χ0) is 14.8. The second-order valence-corrected chi connectivity index (χ2v) is 5.35. The fraction of sp³-hybridized carbons (Fsp3) is 0.235. The van der Waals surface area contributed by atoms with Crippen molar-refractivity contribution in [2.45, 2.75) is 26.2 Å². The van der Waals surface area contributed by atoms with Gasteiger partial charge in [0.2, 0.25) is 0 Å². The summed E-state index contributed by atoms with van der Waals surface area (Å²) in [6.07, 6.45) is 3.53. The first-order chi connectivity index (χ1) is 10.2. The van der Waals surface area contributed by atoms with Crippen molar-refractivity contribution in [1.29, 1.82) is 0 Å². The number of fused-ring (bicyclic) bond motifs is 1. The number of nitrogens with zero attached hydrogens (tertiary/aromatic N) is 1. The molecule has 0 aliphatic heterocycles. The molecule has 4 nitrogen and oxygen atoms in total. The summed E-state index contributed by atoms with van der Waals surface area (Å²) in [6.45, 7) is 1.91. The van der Waals surface area contributed by atoms with Crippen LogP contribution < -0.4 is 10.5 Å². The molecule has 108 valence electrons. The Kier molecular flexibility index (Phi) is 3.52. The van der Waals surface area contributed by atoms with E-state index in [1.165, 1.54) is 24.0 Å². The normalized spacial score (nSPS) is 14.0. The summed E-state index contributed by atoms with van der Waals surface area (Å²) < 4.78 is 5.91. The van der Waals surface area contributed by atoms with E-state index in [-0.39, 0.29) is 5.84 Å². The molecule has 0 spiro atoms. The van der Waals surface area contributed by atoms with E-state index in [9.17, 15) is 0 Å². The average Bonchev–Trinajstić information content (AvgIpc) is 2.94. The molecular weight excluding hydrogens is 264 g/mol. The third-order valence-electron chi connectivity index (χ3n) is 3.89. The molecule has 2 aromatic rings. The summed E-state index contributed by atoms with van der Waals surface area (Å²) in [6, 6.07) is 11.8. The first-order valence-corrected chi connectivity index (χ1v) is 7.05. The molecule has 1 aliphatic rings. The quantitative estimate of drug-likeness (QED) is 0.392. The monoisotopic (exact) mass is 282 g/mol. The van der Waals surface area contributed by atoms with E-state index >= 15 is 0 Å². The predicted octanol–water partition coefficient (Wildman–Crippen LogP) is 3.37. The van der Waals surface area contributed by atoms with E-state index in [4.69, 9.17) is 15.7 Å². The largest absolute Gasteiger partial charge is 0.457 e. The van der Waals surface area contributed by atoms with Crippen LogP contribution in [0.3, 0.4) is 0 Å². The Labute approximate surface area is 123 Å². The zero-order valence-corrected chi connectivity index (χ0v) is 12.0. The molecule has 0 heterocycles. The number of ether oxygens (including phenoxy) is 1. The second kappa shape index (κ2) is 5.48. The van der Waals surface area contributed by atoms with E-state index in [0.717, 1.165) is 23.5 Å². The lowest BCUT2D eigenvalue weighted by Gasteiger charge is -2.10. The highest BCUT2D eigenvalue weighted by molar-refractivity contribution is 5.98. The number of rotatable bonds is 3. The summed E-state index contributed by atoms with van der Waals surface area (Å²) in [5.74, 6) is 1.71. The van der Waals surface area contributed by atoms with Crippen LogP contribution in [0.2, 0.25) is 0 Å².